The number of carbonyl (C=O) groups excluding carboxylic acids is 1. The third-order valence-corrected chi connectivity index (χ3v) is 3.11. The number of hydrogen-bond donors (Lipinski definition) is 2. The van der Waals surface area contributed by atoms with Gasteiger partial charge in [-0.1, -0.05) is 12.1 Å². The molecule has 1 heterocycles. The molecule has 2 N–H and O–H groups in total. The van der Waals surface area contributed by atoms with Gasteiger partial charge in [-0.2, -0.15) is 0 Å². The highest BCUT2D eigenvalue weighted by Crippen LogP contribution is 2.24. The molecule has 0 unspecified atom stereocenters. The standard InChI is InChI=1S/C14H20N2O3/c1-2-19-13-8-4-3-7-12(13)15-14(18)16-9-5-6-11(17)10-16/h3-4,7-8,11,17H,2,5-6,9-10H2,1H3,(H,15,18)/t11-/m1/s1. The van der Waals surface area contributed by atoms with Gasteiger partial charge in [-0.05, 0) is 31.9 Å². The summed E-state index contributed by atoms with van der Waals surface area (Å²) in [5, 5.41) is 12.4. The highest BCUT2D eigenvalue weighted by atomic mass is 16.5. The van der Waals surface area contributed by atoms with Gasteiger partial charge in [-0.25, -0.2) is 4.79 Å². The number of para-hydroxylation sites is 2. The van der Waals surface area contributed by atoms with Crippen molar-refractivity contribution in [3.05, 3.63) is 24.3 Å². The Labute approximate surface area is 113 Å². The molecule has 1 aromatic rings. The minimum absolute atomic E-state index is 0.189. The number of aliphatic hydroxyl groups is 1. The van der Waals surface area contributed by atoms with Gasteiger partial charge in [-0.15, -0.1) is 0 Å². The van der Waals surface area contributed by atoms with E-state index in [1.54, 1.807) is 4.90 Å². The van der Waals surface area contributed by atoms with Crippen LogP contribution in [0.25, 0.3) is 0 Å². The minimum Gasteiger partial charge on any atom is -0.492 e. The van der Waals surface area contributed by atoms with Gasteiger partial charge in [0.1, 0.15) is 5.75 Å². The zero-order valence-electron chi connectivity index (χ0n) is 11.1. The highest BCUT2D eigenvalue weighted by molar-refractivity contribution is 5.91. The van der Waals surface area contributed by atoms with E-state index in [-0.39, 0.29) is 6.03 Å². The number of nitrogens with zero attached hydrogens (tertiary/aromatic N) is 1. The van der Waals surface area contributed by atoms with E-state index < -0.39 is 6.10 Å². The van der Waals surface area contributed by atoms with Crippen molar-refractivity contribution in [2.75, 3.05) is 25.0 Å². The largest absolute Gasteiger partial charge is 0.492 e. The Morgan fingerprint density at radius 2 is 2.32 bits per heavy atom. The molecular formula is C14H20N2O3. The van der Waals surface area contributed by atoms with E-state index in [2.05, 4.69) is 5.32 Å². The second kappa shape index (κ2) is 6.43. The first kappa shape index (κ1) is 13.7. The van der Waals surface area contributed by atoms with Crippen LogP contribution >= 0.6 is 0 Å². The third kappa shape index (κ3) is 3.61. The fourth-order valence-corrected chi connectivity index (χ4v) is 2.18. The van der Waals surface area contributed by atoms with Crippen LogP contribution < -0.4 is 10.1 Å². The topological polar surface area (TPSA) is 61.8 Å². The van der Waals surface area contributed by atoms with E-state index >= 15 is 0 Å². The summed E-state index contributed by atoms with van der Waals surface area (Å²) in [7, 11) is 0. The van der Waals surface area contributed by atoms with Crippen LogP contribution in [-0.4, -0.2) is 41.8 Å². The Balaban J connectivity index is 2.02. The first-order valence-electron chi connectivity index (χ1n) is 6.66. The van der Waals surface area contributed by atoms with E-state index in [9.17, 15) is 9.90 Å². The fraction of sp³-hybridized carbons (Fsp3) is 0.500. The zero-order chi connectivity index (χ0) is 13.7. The van der Waals surface area contributed by atoms with Gasteiger partial charge in [0.25, 0.3) is 0 Å². The maximum atomic E-state index is 12.1. The monoisotopic (exact) mass is 264 g/mol. The molecule has 1 saturated heterocycles. The molecule has 104 valence electrons. The molecule has 0 aromatic heterocycles. The van der Waals surface area contributed by atoms with Gasteiger partial charge in [-0.3, -0.25) is 0 Å². The number of rotatable bonds is 3. The van der Waals surface area contributed by atoms with E-state index in [1.165, 1.54) is 0 Å². The van der Waals surface area contributed by atoms with E-state index in [4.69, 9.17) is 4.74 Å². The van der Waals surface area contributed by atoms with Gasteiger partial charge < -0.3 is 20.1 Å². The number of amides is 2. The lowest BCUT2D eigenvalue weighted by Gasteiger charge is -2.30. The number of β-amino-alcohol motifs (C(OH)–C–C–N with tert-alkyl or cyclic N) is 1. The number of piperidine rings is 1. The van der Waals surface area contributed by atoms with Crippen molar-refractivity contribution in [1.29, 1.82) is 0 Å². The molecule has 2 rings (SSSR count). The second-order valence-electron chi connectivity index (χ2n) is 4.60. The summed E-state index contributed by atoms with van der Waals surface area (Å²) >= 11 is 0. The lowest BCUT2D eigenvalue weighted by molar-refractivity contribution is 0.0883. The molecule has 1 aliphatic rings. The average molecular weight is 264 g/mol. The van der Waals surface area contributed by atoms with Gasteiger partial charge >= 0.3 is 6.03 Å². The van der Waals surface area contributed by atoms with E-state index in [1.807, 2.05) is 31.2 Å². The molecule has 0 spiro atoms. The second-order valence-corrected chi connectivity index (χ2v) is 4.60. The molecule has 0 radical (unpaired) electrons. The van der Waals surface area contributed by atoms with Crippen LogP contribution in [0.5, 0.6) is 5.75 Å². The lowest BCUT2D eigenvalue weighted by Crippen LogP contribution is -2.44. The van der Waals surface area contributed by atoms with Crippen LogP contribution in [0.1, 0.15) is 19.8 Å². The number of ether oxygens (including phenoxy) is 1. The van der Waals surface area contributed by atoms with Crippen molar-refractivity contribution in [3.8, 4) is 5.75 Å². The summed E-state index contributed by atoms with van der Waals surface area (Å²) in [6.07, 6.45) is 1.18. The maximum absolute atomic E-state index is 12.1. The Bertz CT molecular complexity index is 436. The van der Waals surface area contributed by atoms with Crippen molar-refractivity contribution in [2.24, 2.45) is 0 Å². The summed E-state index contributed by atoms with van der Waals surface area (Å²) in [6, 6.07) is 7.16. The van der Waals surface area contributed by atoms with Gasteiger partial charge in [0.2, 0.25) is 0 Å². The fourth-order valence-electron chi connectivity index (χ4n) is 2.18. The Kier molecular flexibility index (Phi) is 4.63. The first-order valence-corrected chi connectivity index (χ1v) is 6.66. The van der Waals surface area contributed by atoms with Crippen LogP contribution in [0.15, 0.2) is 24.3 Å². The first-order chi connectivity index (χ1) is 9.20. The van der Waals surface area contributed by atoms with E-state index in [0.717, 1.165) is 12.8 Å². The number of nitrogens with one attached hydrogen (secondary N) is 1. The predicted octanol–water partition coefficient (Wildman–Crippen LogP) is 2.07. The molecule has 1 fully saturated rings. The Morgan fingerprint density at radius 1 is 1.53 bits per heavy atom. The molecule has 0 saturated carbocycles. The smallest absolute Gasteiger partial charge is 0.322 e. The number of urea groups is 1. The van der Waals surface area contributed by atoms with Crippen LogP contribution in [0.2, 0.25) is 0 Å². The Hall–Kier alpha value is -1.75. The minimum atomic E-state index is -0.415. The zero-order valence-corrected chi connectivity index (χ0v) is 11.1. The molecule has 1 atom stereocenters. The third-order valence-electron chi connectivity index (χ3n) is 3.11. The highest BCUT2D eigenvalue weighted by Gasteiger charge is 2.22. The van der Waals surface area contributed by atoms with Crippen molar-refractivity contribution in [2.45, 2.75) is 25.9 Å². The summed E-state index contributed by atoms with van der Waals surface area (Å²) in [5.41, 5.74) is 0.661. The number of carbonyl (C=O) groups is 1. The number of anilines is 1. The molecule has 5 heteroatoms. The molecule has 19 heavy (non-hydrogen) atoms. The molecule has 1 aromatic carbocycles. The van der Waals surface area contributed by atoms with Crippen LogP contribution in [-0.2, 0) is 0 Å². The molecule has 0 bridgehead atoms. The normalized spacial score (nSPS) is 19.1. The summed E-state index contributed by atoms with van der Waals surface area (Å²) < 4.78 is 5.46. The van der Waals surface area contributed by atoms with Crippen molar-refractivity contribution in [1.82, 2.24) is 4.90 Å². The van der Waals surface area contributed by atoms with Gasteiger partial charge in [0.15, 0.2) is 0 Å². The quantitative estimate of drug-likeness (QED) is 0.878. The maximum Gasteiger partial charge on any atom is 0.322 e. The van der Waals surface area contributed by atoms with Gasteiger partial charge in [0.05, 0.1) is 18.4 Å². The van der Waals surface area contributed by atoms with Gasteiger partial charge in [0, 0.05) is 13.1 Å². The van der Waals surface area contributed by atoms with Crippen molar-refractivity contribution in [3.63, 3.8) is 0 Å². The summed E-state index contributed by atoms with van der Waals surface area (Å²) in [6.45, 7) is 3.53. The average Bonchev–Trinajstić information content (AvgIpc) is 2.41. The van der Waals surface area contributed by atoms with Crippen LogP contribution in [0.3, 0.4) is 0 Å². The van der Waals surface area contributed by atoms with E-state index in [0.29, 0.717) is 31.1 Å². The van der Waals surface area contributed by atoms with Crippen LogP contribution in [0, 0.1) is 0 Å². The molecule has 1 aliphatic heterocycles. The molecule has 5 nitrogen and oxygen atoms in total. The Morgan fingerprint density at radius 3 is 3.05 bits per heavy atom. The summed E-state index contributed by atoms with van der Waals surface area (Å²) in [5.74, 6) is 0.663. The van der Waals surface area contributed by atoms with Crippen molar-refractivity contribution >= 4 is 11.7 Å². The van der Waals surface area contributed by atoms with Crippen molar-refractivity contribution < 1.29 is 14.6 Å². The predicted molar refractivity (Wildman–Crippen MR) is 73.4 cm³/mol. The number of hydrogen-bond acceptors (Lipinski definition) is 3. The SMILES string of the molecule is CCOc1ccccc1NC(=O)N1CCC[C@@H](O)C1. The van der Waals surface area contributed by atoms with Crippen LogP contribution in [0.4, 0.5) is 10.5 Å². The number of aliphatic hydroxyl groups excluding tert-OH is 1. The lowest BCUT2D eigenvalue weighted by atomic mass is 10.1. The summed E-state index contributed by atoms with van der Waals surface area (Å²) in [4.78, 5) is 13.8. The molecular weight excluding hydrogens is 244 g/mol. The molecule has 0 aliphatic carbocycles. The number of likely N-dealkylation sites (tertiary alicyclic amines) is 1. The molecule has 2 amide bonds. The number of benzene rings is 1.